The molecule has 0 spiro atoms. The van der Waals surface area contributed by atoms with Crippen LogP contribution in [0.3, 0.4) is 0 Å². The number of anilines is 1. The van der Waals surface area contributed by atoms with Crippen molar-refractivity contribution in [2.45, 2.75) is 38.1 Å². The van der Waals surface area contributed by atoms with Gasteiger partial charge in [0.05, 0.1) is 12.2 Å². The number of imidazole rings is 1. The molecule has 14 heteroatoms. The summed E-state index contributed by atoms with van der Waals surface area (Å²) in [5.74, 6) is -6.33. The molecule has 0 saturated heterocycles. The number of alkyl halides is 3. The number of hydrogen-bond acceptors (Lipinski definition) is 5. The van der Waals surface area contributed by atoms with Gasteiger partial charge in [0.1, 0.15) is 11.6 Å². The van der Waals surface area contributed by atoms with Crippen LogP contribution in [-0.4, -0.2) is 43.8 Å². The molecular weight excluding hydrogens is 506 g/mol. The fourth-order valence-electron chi connectivity index (χ4n) is 4.02. The van der Waals surface area contributed by atoms with E-state index < -0.39 is 53.0 Å². The van der Waals surface area contributed by atoms with E-state index in [1.54, 1.807) is 12.1 Å². The SMILES string of the molecule is NC(CC(=O)N1CCn2c(C(F)(F)F)nc(C(=O)Nc3ccccn3)c2C1)Cc1cc(F)c(F)cc1F. The van der Waals surface area contributed by atoms with Crippen LogP contribution in [0.2, 0.25) is 0 Å². The number of pyridine rings is 1. The Morgan fingerprint density at radius 2 is 1.81 bits per heavy atom. The number of nitrogens with one attached hydrogen (secondary N) is 1. The molecule has 3 N–H and O–H groups in total. The Morgan fingerprint density at radius 3 is 2.49 bits per heavy atom. The zero-order chi connectivity index (χ0) is 26.9. The maximum absolute atomic E-state index is 13.9. The van der Waals surface area contributed by atoms with Crippen LogP contribution >= 0.6 is 0 Å². The summed E-state index contributed by atoms with van der Waals surface area (Å²) < 4.78 is 82.1. The number of benzene rings is 1. The van der Waals surface area contributed by atoms with E-state index in [2.05, 4.69) is 15.3 Å². The summed E-state index contributed by atoms with van der Waals surface area (Å²) in [6, 6.07) is 4.64. The van der Waals surface area contributed by atoms with Crippen LogP contribution in [0.1, 0.15) is 34.0 Å². The van der Waals surface area contributed by atoms with Gasteiger partial charge in [0, 0.05) is 37.8 Å². The van der Waals surface area contributed by atoms with E-state index in [-0.39, 0.29) is 49.6 Å². The Labute approximate surface area is 206 Å². The number of nitrogens with two attached hydrogens (primary N) is 1. The number of carbonyl (C=O) groups excluding carboxylic acids is 2. The zero-order valence-electron chi connectivity index (χ0n) is 19.0. The van der Waals surface area contributed by atoms with Crippen molar-refractivity contribution in [3.05, 3.63) is 76.8 Å². The van der Waals surface area contributed by atoms with E-state index in [0.717, 1.165) is 4.57 Å². The summed E-state index contributed by atoms with van der Waals surface area (Å²) in [7, 11) is 0. The van der Waals surface area contributed by atoms with E-state index >= 15 is 0 Å². The van der Waals surface area contributed by atoms with Gasteiger partial charge in [-0.05, 0) is 30.2 Å². The number of halogens is 6. The van der Waals surface area contributed by atoms with Gasteiger partial charge in [0.2, 0.25) is 11.7 Å². The highest BCUT2D eigenvalue weighted by Gasteiger charge is 2.41. The van der Waals surface area contributed by atoms with Gasteiger partial charge < -0.3 is 20.5 Å². The van der Waals surface area contributed by atoms with Gasteiger partial charge in [-0.3, -0.25) is 9.59 Å². The van der Waals surface area contributed by atoms with Crippen molar-refractivity contribution >= 4 is 17.6 Å². The summed E-state index contributed by atoms with van der Waals surface area (Å²) in [6.07, 6.45) is -4.10. The minimum absolute atomic E-state index is 0.0991. The lowest BCUT2D eigenvalue weighted by Gasteiger charge is -2.30. The quantitative estimate of drug-likeness (QED) is 0.379. The Morgan fingerprint density at radius 1 is 1.08 bits per heavy atom. The average molecular weight is 526 g/mol. The van der Waals surface area contributed by atoms with Crippen molar-refractivity contribution in [3.8, 4) is 0 Å². The van der Waals surface area contributed by atoms with Gasteiger partial charge in [-0.1, -0.05) is 6.07 Å². The molecule has 2 amide bonds. The standard InChI is InChI=1S/C23H20F6N6O2/c24-14-10-16(26)15(25)8-12(14)7-13(30)9-19(36)34-5-6-35-17(11-34)20(33-22(35)23(27,28)29)21(37)32-18-3-1-2-4-31-18/h1-4,8,10,13H,5-7,9,11,30H2,(H,31,32,37). The second-order valence-electron chi connectivity index (χ2n) is 8.39. The third-order valence-electron chi connectivity index (χ3n) is 5.74. The molecule has 196 valence electrons. The zero-order valence-corrected chi connectivity index (χ0v) is 19.0. The van der Waals surface area contributed by atoms with Gasteiger partial charge in [-0.15, -0.1) is 0 Å². The molecule has 0 aliphatic carbocycles. The van der Waals surface area contributed by atoms with Gasteiger partial charge in [0.25, 0.3) is 5.91 Å². The highest BCUT2D eigenvalue weighted by Crippen LogP contribution is 2.32. The normalized spacial score (nSPS) is 14.3. The number of carbonyl (C=O) groups is 2. The molecule has 1 unspecified atom stereocenters. The van der Waals surface area contributed by atoms with Gasteiger partial charge in [0.15, 0.2) is 17.3 Å². The molecule has 1 aliphatic heterocycles. The Kier molecular flexibility index (Phi) is 7.21. The number of aromatic nitrogens is 3. The molecule has 4 rings (SSSR count). The summed E-state index contributed by atoms with van der Waals surface area (Å²) >= 11 is 0. The lowest BCUT2D eigenvalue weighted by molar-refractivity contribution is -0.148. The van der Waals surface area contributed by atoms with Gasteiger partial charge in [-0.25, -0.2) is 23.1 Å². The monoisotopic (exact) mass is 526 g/mol. The summed E-state index contributed by atoms with van der Waals surface area (Å²) in [6.45, 7) is -0.773. The van der Waals surface area contributed by atoms with Gasteiger partial charge >= 0.3 is 6.18 Å². The van der Waals surface area contributed by atoms with Crippen molar-refractivity contribution in [2.75, 3.05) is 11.9 Å². The van der Waals surface area contributed by atoms with E-state index in [9.17, 15) is 35.9 Å². The van der Waals surface area contributed by atoms with Crippen molar-refractivity contribution < 1.29 is 35.9 Å². The summed E-state index contributed by atoms with van der Waals surface area (Å²) in [5, 5.41) is 2.38. The van der Waals surface area contributed by atoms with Crippen LogP contribution in [0, 0.1) is 17.5 Å². The first kappa shape index (κ1) is 26.1. The van der Waals surface area contributed by atoms with Crippen molar-refractivity contribution in [3.63, 3.8) is 0 Å². The van der Waals surface area contributed by atoms with Gasteiger partial charge in [-0.2, -0.15) is 13.2 Å². The van der Waals surface area contributed by atoms with Crippen LogP contribution in [-0.2, 0) is 30.5 Å². The molecule has 0 fully saturated rings. The molecule has 1 aromatic carbocycles. The highest BCUT2D eigenvalue weighted by molar-refractivity contribution is 6.03. The van der Waals surface area contributed by atoms with Crippen LogP contribution in [0.5, 0.6) is 0 Å². The second-order valence-corrected chi connectivity index (χ2v) is 8.39. The lowest BCUT2D eigenvalue weighted by Crippen LogP contribution is -2.42. The molecule has 1 atom stereocenters. The molecule has 0 saturated carbocycles. The maximum Gasteiger partial charge on any atom is 0.449 e. The molecular formula is C23H20F6N6O2. The lowest BCUT2D eigenvalue weighted by atomic mass is 10.0. The molecule has 37 heavy (non-hydrogen) atoms. The van der Waals surface area contributed by atoms with Crippen molar-refractivity contribution in [1.82, 2.24) is 19.4 Å². The number of fused-ring (bicyclic) bond motifs is 1. The molecule has 8 nitrogen and oxygen atoms in total. The predicted octanol–water partition coefficient (Wildman–Crippen LogP) is 3.27. The fourth-order valence-corrected chi connectivity index (χ4v) is 4.02. The first-order valence-corrected chi connectivity index (χ1v) is 11.0. The van der Waals surface area contributed by atoms with Crippen molar-refractivity contribution in [2.24, 2.45) is 5.73 Å². The van der Waals surface area contributed by atoms with E-state index in [1.807, 2.05) is 0 Å². The van der Waals surface area contributed by atoms with E-state index in [1.165, 1.54) is 17.2 Å². The Balaban J connectivity index is 1.51. The minimum atomic E-state index is -4.85. The molecule has 0 radical (unpaired) electrons. The Hall–Kier alpha value is -3.94. The first-order chi connectivity index (χ1) is 17.4. The third kappa shape index (κ3) is 5.74. The molecule has 1 aliphatic rings. The van der Waals surface area contributed by atoms with Crippen LogP contribution in [0.4, 0.5) is 32.2 Å². The Bertz CT molecular complexity index is 1330. The largest absolute Gasteiger partial charge is 0.449 e. The number of nitrogens with zero attached hydrogens (tertiary/aromatic N) is 4. The molecule has 3 aromatic rings. The van der Waals surface area contributed by atoms with E-state index in [0.29, 0.717) is 12.1 Å². The third-order valence-corrected chi connectivity index (χ3v) is 5.74. The fraction of sp³-hybridized carbons (Fsp3) is 0.304. The van der Waals surface area contributed by atoms with Crippen LogP contribution in [0.15, 0.2) is 36.5 Å². The topological polar surface area (TPSA) is 106 Å². The minimum Gasteiger partial charge on any atom is -0.335 e. The van der Waals surface area contributed by atoms with Crippen LogP contribution in [0.25, 0.3) is 0 Å². The van der Waals surface area contributed by atoms with E-state index in [4.69, 9.17) is 5.73 Å². The van der Waals surface area contributed by atoms with Crippen LogP contribution < -0.4 is 11.1 Å². The van der Waals surface area contributed by atoms with Crippen molar-refractivity contribution in [1.29, 1.82) is 0 Å². The smallest absolute Gasteiger partial charge is 0.335 e. The highest BCUT2D eigenvalue weighted by atomic mass is 19.4. The number of amides is 2. The molecule has 3 heterocycles. The predicted molar refractivity (Wildman–Crippen MR) is 117 cm³/mol. The molecule has 0 bridgehead atoms. The first-order valence-electron chi connectivity index (χ1n) is 11.0. The average Bonchev–Trinajstić information content (AvgIpc) is 3.23. The molecule has 2 aromatic heterocycles. The maximum atomic E-state index is 13.9. The summed E-state index contributed by atoms with van der Waals surface area (Å²) in [4.78, 5) is 34.2. The summed E-state index contributed by atoms with van der Waals surface area (Å²) in [5.41, 5.74) is 5.06. The number of rotatable bonds is 6. The second kappa shape index (κ2) is 10.2. The number of hydrogen-bond donors (Lipinski definition) is 2.